The molecule has 3 amide bonds. The molecule has 9 nitrogen and oxygen atoms in total. The highest BCUT2D eigenvalue weighted by molar-refractivity contribution is 7.91. The van der Waals surface area contributed by atoms with E-state index in [1.54, 1.807) is 11.4 Å². The molecular formula is C20H29N3O6S2. The molecule has 1 aliphatic heterocycles. The second kappa shape index (κ2) is 10.6. The summed E-state index contributed by atoms with van der Waals surface area (Å²) < 4.78 is 31.9. The number of imide groups is 1. The van der Waals surface area contributed by atoms with Crippen molar-refractivity contribution in [3.05, 3.63) is 17.5 Å². The maximum Gasteiger partial charge on any atom is 0.321 e. The van der Waals surface area contributed by atoms with Crippen molar-refractivity contribution in [2.45, 2.75) is 55.7 Å². The Morgan fingerprint density at radius 2 is 1.97 bits per heavy atom. The predicted molar refractivity (Wildman–Crippen MR) is 115 cm³/mol. The van der Waals surface area contributed by atoms with Gasteiger partial charge in [0.15, 0.2) is 6.61 Å². The van der Waals surface area contributed by atoms with E-state index in [4.69, 9.17) is 4.74 Å². The summed E-state index contributed by atoms with van der Waals surface area (Å²) in [7, 11) is -3.64. The highest BCUT2D eigenvalue weighted by atomic mass is 32.2. The van der Waals surface area contributed by atoms with Gasteiger partial charge in [0.2, 0.25) is 0 Å². The first-order valence-corrected chi connectivity index (χ1v) is 12.9. The lowest BCUT2D eigenvalue weighted by molar-refractivity contribution is -0.153. The normalized spacial score (nSPS) is 24.9. The molecule has 31 heavy (non-hydrogen) atoms. The van der Waals surface area contributed by atoms with Crippen molar-refractivity contribution in [3.63, 3.8) is 0 Å². The van der Waals surface area contributed by atoms with Crippen LogP contribution in [-0.4, -0.2) is 56.4 Å². The molecule has 2 N–H and O–H groups in total. The monoisotopic (exact) mass is 471 g/mol. The molecule has 0 spiro atoms. The van der Waals surface area contributed by atoms with Gasteiger partial charge >= 0.3 is 12.0 Å². The first-order valence-electron chi connectivity index (χ1n) is 10.6. The summed E-state index contributed by atoms with van der Waals surface area (Å²) in [6.45, 7) is 1.84. The molecule has 3 rings (SSSR count). The first kappa shape index (κ1) is 23.7. The van der Waals surface area contributed by atoms with Crippen LogP contribution >= 0.6 is 11.3 Å². The molecule has 2 fully saturated rings. The molecule has 1 aromatic rings. The molecular weight excluding hydrogens is 442 g/mol. The number of ether oxygens (including phenoxy) is 1. The summed E-state index contributed by atoms with van der Waals surface area (Å²) in [5.41, 5.74) is 0. The van der Waals surface area contributed by atoms with E-state index in [2.05, 4.69) is 17.6 Å². The van der Waals surface area contributed by atoms with E-state index >= 15 is 0 Å². The van der Waals surface area contributed by atoms with Crippen molar-refractivity contribution in [3.8, 4) is 0 Å². The van der Waals surface area contributed by atoms with Crippen LogP contribution in [0.25, 0.3) is 0 Å². The Balaban J connectivity index is 1.44. The number of nitrogens with one attached hydrogen (secondary N) is 2. The molecule has 0 bridgehead atoms. The molecule has 3 atom stereocenters. The van der Waals surface area contributed by atoms with Gasteiger partial charge in [0, 0.05) is 19.1 Å². The lowest BCUT2D eigenvalue weighted by Gasteiger charge is -2.30. The van der Waals surface area contributed by atoms with E-state index in [0.717, 1.165) is 37.0 Å². The fourth-order valence-corrected chi connectivity index (χ4v) is 6.71. The zero-order chi connectivity index (χ0) is 22.4. The molecule has 0 radical (unpaired) electrons. The smallest absolute Gasteiger partial charge is 0.321 e. The second-order valence-corrected chi connectivity index (χ2v) is 11.2. The fraction of sp³-hybridized carbons (Fsp3) is 0.650. The Bertz CT molecular complexity index is 887. The zero-order valence-corrected chi connectivity index (χ0v) is 19.2. The Hall–Kier alpha value is -1.98. The van der Waals surface area contributed by atoms with Crippen molar-refractivity contribution < 1.29 is 27.5 Å². The van der Waals surface area contributed by atoms with Crippen LogP contribution in [0.15, 0.2) is 21.7 Å². The average molecular weight is 472 g/mol. The number of esters is 1. The number of urea groups is 1. The minimum atomic E-state index is -3.64. The number of thiophene rings is 1. The highest BCUT2D eigenvalue weighted by Crippen LogP contribution is 2.27. The highest BCUT2D eigenvalue weighted by Gasteiger charge is 2.34. The summed E-state index contributed by atoms with van der Waals surface area (Å²) in [5.74, 6) is -1.64. The third-order valence-corrected chi connectivity index (χ3v) is 9.07. The number of nitrogens with zero attached hydrogens (tertiary/aromatic N) is 1. The summed E-state index contributed by atoms with van der Waals surface area (Å²) in [5, 5.41) is 6.68. The quantitative estimate of drug-likeness (QED) is 0.613. The van der Waals surface area contributed by atoms with Crippen LogP contribution in [0.2, 0.25) is 0 Å². The number of carbonyl (C=O) groups excluding carboxylic acids is 3. The van der Waals surface area contributed by atoms with Gasteiger partial charge in [0.1, 0.15) is 4.21 Å². The standard InChI is InChI=1S/C20H29N3O6S2/c1-14-6-2-3-8-16(14)21-20(26)22-17(24)13-29-19(25)15-7-4-10-23(12-15)31(27,28)18-9-5-11-30-18/h5,9,11,14-16H,2-4,6-8,10,12-13H2,1H3,(H2,21,22,24,26). The minimum absolute atomic E-state index is 0.0146. The Morgan fingerprint density at radius 3 is 2.68 bits per heavy atom. The number of hydrogen-bond donors (Lipinski definition) is 2. The molecule has 172 valence electrons. The zero-order valence-electron chi connectivity index (χ0n) is 17.5. The lowest BCUT2D eigenvalue weighted by Crippen LogP contribution is -2.49. The van der Waals surface area contributed by atoms with E-state index in [9.17, 15) is 22.8 Å². The number of sulfonamides is 1. The maximum atomic E-state index is 12.7. The second-order valence-electron chi connectivity index (χ2n) is 8.13. The summed E-state index contributed by atoms with van der Waals surface area (Å²) in [6, 6.07) is 2.63. The average Bonchev–Trinajstić information content (AvgIpc) is 3.29. The van der Waals surface area contributed by atoms with Gasteiger partial charge in [-0.2, -0.15) is 4.31 Å². The Kier molecular flexibility index (Phi) is 8.06. The molecule has 2 heterocycles. The van der Waals surface area contributed by atoms with Crippen LogP contribution in [0.4, 0.5) is 4.79 Å². The maximum absolute atomic E-state index is 12.7. The molecule has 0 aromatic carbocycles. The van der Waals surface area contributed by atoms with Gasteiger partial charge in [0.25, 0.3) is 15.9 Å². The molecule has 2 aliphatic rings. The van der Waals surface area contributed by atoms with Crippen LogP contribution < -0.4 is 10.6 Å². The molecule has 11 heteroatoms. The van der Waals surface area contributed by atoms with Gasteiger partial charge in [-0.3, -0.25) is 14.9 Å². The Labute approximate surface area is 186 Å². The van der Waals surface area contributed by atoms with Gasteiger partial charge in [-0.05, 0) is 43.0 Å². The van der Waals surface area contributed by atoms with Gasteiger partial charge in [-0.1, -0.05) is 25.8 Å². The molecule has 1 saturated carbocycles. The number of hydrogen-bond acceptors (Lipinski definition) is 7. The van der Waals surface area contributed by atoms with Crippen LogP contribution in [0.3, 0.4) is 0 Å². The Morgan fingerprint density at radius 1 is 1.19 bits per heavy atom. The van der Waals surface area contributed by atoms with Crippen molar-refractivity contribution in [2.75, 3.05) is 19.7 Å². The van der Waals surface area contributed by atoms with E-state index in [-0.39, 0.29) is 16.8 Å². The van der Waals surface area contributed by atoms with Crippen LogP contribution in [0.1, 0.15) is 45.4 Å². The van der Waals surface area contributed by atoms with Crippen molar-refractivity contribution >= 4 is 39.3 Å². The largest absolute Gasteiger partial charge is 0.455 e. The summed E-state index contributed by atoms with van der Waals surface area (Å²) in [4.78, 5) is 36.4. The SMILES string of the molecule is CC1CCCCC1NC(=O)NC(=O)COC(=O)C1CCCN(S(=O)(=O)c2cccs2)C1. The van der Waals surface area contributed by atoms with Gasteiger partial charge in [0.05, 0.1) is 5.92 Å². The van der Waals surface area contributed by atoms with Gasteiger partial charge < -0.3 is 10.1 Å². The third-order valence-electron chi connectivity index (χ3n) is 5.83. The van der Waals surface area contributed by atoms with Crippen LogP contribution in [0, 0.1) is 11.8 Å². The number of rotatable bonds is 6. The van der Waals surface area contributed by atoms with Crippen molar-refractivity contribution in [2.24, 2.45) is 11.8 Å². The van der Waals surface area contributed by atoms with Crippen LogP contribution in [0.5, 0.6) is 0 Å². The van der Waals surface area contributed by atoms with Gasteiger partial charge in [-0.15, -0.1) is 11.3 Å². The molecule has 3 unspecified atom stereocenters. The fourth-order valence-electron chi connectivity index (χ4n) is 4.04. The van der Waals surface area contributed by atoms with E-state index in [1.165, 1.54) is 10.4 Å². The van der Waals surface area contributed by atoms with Crippen LogP contribution in [-0.2, 0) is 24.3 Å². The third kappa shape index (κ3) is 6.27. The molecule has 1 aromatic heterocycles. The minimum Gasteiger partial charge on any atom is -0.455 e. The summed E-state index contributed by atoms with van der Waals surface area (Å²) in [6.07, 6.45) is 5.11. The first-order chi connectivity index (χ1) is 14.8. The van der Waals surface area contributed by atoms with Crippen molar-refractivity contribution in [1.82, 2.24) is 14.9 Å². The predicted octanol–water partition coefficient (Wildman–Crippen LogP) is 2.10. The van der Waals surface area contributed by atoms with E-state index in [0.29, 0.717) is 25.3 Å². The topological polar surface area (TPSA) is 122 Å². The number of piperidine rings is 1. The number of amides is 3. The molecule has 1 saturated heterocycles. The van der Waals surface area contributed by atoms with Crippen molar-refractivity contribution in [1.29, 1.82) is 0 Å². The van der Waals surface area contributed by atoms with E-state index in [1.807, 2.05) is 0 Å². The lowest BCUT2D eigenvalue weighted by atomic mass is 9.86. The van der Waals surface area contributed by atoms with E-state index < -0.39 is 40.5 Å². The number of carbonyl (C=O) groups is 3. The van der Waals surface area contributed by atoms with Gasteiger partial charge in [-0.25, -0.2) is 13.2 Å². The molecule has 1 aliphatic carbocycles. The summed E-state index contributed by atoms with van der Waals surface area (Å²) >= 11 is 1.13.